The number of esters is 1. The minimum absolute atomic E-state index is 0.198. The Morgan fingerprint density at radius 2 is 1.82 bits per heavy atom. The smallest absolute Gasteiger partial charge is 0.339 e. The molecule has 2 aliphatic rings. The van der Waals surface area contributed by atoms with E-state index in [1.165, 1.54) is 5.56 Å². The third-order valence-corrected chi connectivity index (χ3v) is 4.96. The highest BCUT2D eigenvalue weighted by Gasteiger charge is 2.50. The van der Waals surface area contributed by atoms with Gasteiger partial charge >= 0.3 is 5.97 Å². The molecule has 0 aromatic heterocycles. The van der Waals surface area contributed by atoms with Crippen molar-refractivity contribution >= 4 is 5.97 Å². The summed E-state index contributed by atoms with van der Waals surface area (Å²) in [6.45, 7) is 0. The van der Waals surface area contributed by atoms with Gasteiger partial charge in [0.25, 0.3) is 0 Å². The van der Waals surface area contributed by atoms with Gasteiger partial charge in [0.05, 0.1) is 5.56 Å². The molecule has 2 unspecified atom stereocenters. The van der Waals surface area contributed by atoms with Crippen molar-refractivity contribution in [3.8, 4) is 0 Å². The number of carbonyl (C=O) groups is 1. The molecule has 112 valence electrons. The summed E-state index contributed by atoms with van der Waals surface area (Å²) < 4.78 is 6.00. The predicted octanol–water partition coefficient (Wildman–Crippen LogP) is 3.30. The molecule has 0 radical (unpaired) electrons. The molecular formula is C19H19NO2. The lowest BCUT2D eigenvalue weighted by atomic mass is 9.84. The zero-order valence-corrected chi connectivity index (χ0v) is 12.9. The topological polar surface area (TPSA) is 29.5 Å². The molecule has 3 nitrogen and oxygen atoms in total. The second kappa shape index (κ2) is 4.68. The maximum Gasteiger partial charge on any atom is 0.339 e. The maximum absolute atomic E-state index is 12.5. The molecule has 3 heteroatoms. The van der Waals surface area contributed by atoms with Crippen molar-refractivity contribution in [1.29, 1.82) is 0 Å². The molecule has 0 saturated heterocycles. The Labute approximate surface area is 130 Å². The monoisotopic (exact) mass is 293 g/mol. The van der Waals surface area contributed by atoms with Crippen LogP contribution in [0.3, 0.4) is 0 Å². The number of fused-ring (bicyclic) bond motifs is 3. The van der Waals surface area contributed by atoms with Crippen LogP contribution in [0.5, 0.6) is 0 Å². The van der Waals surface area contributed by atoms with Crippen LogP contribution in [0.1, 0.15) is 39.5 Å². The van der Waals surface area contributed by atoms with Crippen LogP contribution in [0.4, 0.5) is 0 Å². The van der Waals surface area contributed by atoms with Crippen molar-refractivity contribution in [2.75, 3.05) is 14.1 Å². The van der Waals surface area contributed by atoms with Gasteiger partial charge in [-0.05, 0) is 31.3 Å². The molecule has 0 saturated carbocycles. The first-order valence-electron chi connectivity index (χ1n) is 7.68. The highest BCUT2D eigenvalue weighted by atomic mass is 16.6. The van der Waals surface area contributed by atoms with Crippen LogP contribution in [0, 0.1) is 0 Å². The quantitative estimate of drug-likeness (QED) is 0.756. The molecule has 0 amide bonds. The molecule has 1 spiro atoms. The van der Waals surface area contributed by atoms with Crippen molar-refractivity contribution in [1.82, 2.24) is 4.90 Å². The van der Waals surface area contributed by atoms with Gasteiger partial charge in [0.1, 0.15) is 5.60 Å². The minimum atomic E-state index is -0.517. The van der Waals surface area contributed by atoms with Gasteiger partial charge in [0.2, 0.25) is 0 Å². The first-order valence-corrected chi connectivity index (χ1v) is 7.68. The van der Waals surface area contributed by atoms with Crippen LogP contribution in [-0.2, 0) is 16.8 Å². The van der Waals surface area contributed by atoms with Crippen molar-refractivity contribution < 1.29 is 9.53 Å². The Bertz CT molecular complexity index is 753. The molecule has 0 N–H and O–H groups in total. The van der Waals surface area contributed by atoms with Gasteiger partial charge in [-0.2, -0.15) is 0 Å². The van der Waals surface area contributed by atoms with Crippen LogP contribution < -0.4 is 0 Å². The summed E-state index contributed by atoms with van der Waals surface area (Å²) in [5.74, 6) is -0.198. The highest BCUT2D eigenvalue weighted by Crippen LogP contribution is 2.51. The van der Waals surface area contributed by atoms with Gasteiger partial charge in [0.15, 0.2) is 0 Å². The lowest BCUT2D eigenvalue weighted by Crippen LogP contribution is -2.38. The fourth-order valence-corrected chi connectivity index (χ4v) is 3.91. The molecule has 22 heavy (non-hydrogen) atoms. The van der Waals surface area contributed by atoms with Gasteiger partial charge in [-0.15, -0.1) is 0 Å². The lowest BCUT2D eigenvalue weighted by molar-refractivity contribution is -0.0342. The summed E-state index contributed by atoms with van der Waals surface area (Å²) in [4.78, 5) is 14.7. The normalized spacial score (nSPS) is 26.0. The average molecular weight is 293 g/mol. The SMILES string of the molecule is CN(C)C1CC2(Cc3ccccc3C(=O)O2)c2ccccc21. The van der Waals surface area contributed by atoms with Crippen LogP contribution in [-0.4, -0.2) is 25.0 Å². The second-order valence-corrected chi connectivity index (χ2v) is 6.49. The van der Waals surface area contributed by atoms with E-state index in [0.717, 1.165) is 24.0 Å². The van der Waals surface area contributed by atoms with E-state index in [1.54, 1.807) is 0 Å². The fraction of sp³-hybridized carbons (Fsp3) is 0.316. The van der Waals surface area contributed by atoms with Gasteiger partial charge in [0, 0.05) is 24.4 Å². The average Bonchev–Trinajstić information content (AvgIpc) is 2.82. The second-order valence-electron chi connectivity index (χ2n) is 6.49. The van der Waals surface area contributed by atoms with Crippen LogP contribution >= 0.6 is 0 Å². The number of rotatable bonds is 1. The molecule has 2 aromatic carbocycles. The first kappa shape index (κ1) is 13.5. The molecule has 2 atom stereocenters. The highest BCUT2D eigenvalue weighted by molar-refractivity contribution is 5.92. The van der Waals surface area contributed by atoms with Crippen LogP contribution in [0.2, 0.25) is 0 Å². The molecular weight excluding hydrogens is 274 g/mol. The van der Waals surface area contributed by atoms with Gasteiger partial charge in [-0.1, -0.05) is 42.5 Å². The predicted molar refractivity (Wildman–Crippen MR) is 84.7 cm³/mol. The Morgan fingerprint density at radius 3 is 2.64 bits per heavy atom. The molecule has 4 rings (SSSR count). The van der Waals surface area contributed by atoms with E-state index >= 15 is 0 Å². The number of hydrogen-bond donors (Lipinski definition) is 0. The van der Waals surface area contributed by atoms with Crippen molar-refractivity contribution in [3.63, 3.8) is 0 Å². The Hall–Kier alpha value is -2.13. The zero-order chi connectivity index (χ0) is 15.3. The standard InChI is InChI=1S/C19H19NO2/c1-20(2)17-12-19(16-10-6-5-9-15(16)17)11-13-7-3-4-8-14(13)18(21)22-19/h3-10,17H,11-12H2,1-2H3. The summed E-state index contributed by atoms with van der Waals surface area (Å²) in [6.07, 6.45) is 1.58. The Kier molecular flexibility index (Phi) is 2.88. The van der Waals surface area contributed by atoms with E-state index in [4.69, 9.17) is 4.74 Å². The third-order valence-electron chi connectivity index (χ3n) is 4.96. The molecule has 1 aliphatic carbocycles. The third kappa shape index (κ3) is 1.82. The molecule has 2 aromatic rings. The van der Waals surface area contributed by atoms with E-state index < -0.39 is 5.60 Å². The van der Waals surface area contributed by atoms with E-state index in [1.807, 2.05) is 30.3 Å². The summed E-state index contributed by atoms with van der Waals surface area (Å²) in [5.41, 5.74) is 3.72. The zero-order valence-electron chi connectivity index (χ0n) is 12.9. The van der Waals surface area contributed by atoms with Crippen LogP contribution in [0.15, 0.2) is 48.5 Å². The van der Waals surface area contributed by atoms with E-state index in [9.17, 15) is 4.79 Å². The van der Waals surface area contributed by atoms with E-state index in [2.05, 4.69) is 37.2 Å². The lowest BCUT2D eigenvalue weighted by Gasteiger charge is -2.35. The number of carbonyl (C=O) groups excluding carboxylic acids is 1. The van der Waals surface area contributed by atoms with E-state index in [-0.39, 0.29) is 12.0 Å². The Balaban J connectivity index is 1.85. The van der Waals surface area contributed by atoms with Crippen LogP contribution in [0.25, 0.3) is 0 Å². The van der Waals surface area contributed by atoms with E-state index in [0.29, 0.717) is 5.56 Å². The van der Waals surface area contributed by atoms with Crippen molar-refractivity contribution in [2.24, 2.45) is 0 Å². The molecule has 0 bridgehead atoms. The number of benzene rings is 2. The fourth-order valence-electron chi connectivity index (χ4n) is 3.91. The number of hydrogen-bond acceptors (Lipinski definition) is 3. The first-order chi connectivity index (χ1) is 10.6. The van der Waals surface area contributed by atoms with Gasteiger partial charge < -0.3 is 9.64 Å². The number of nitrogens with zero attached hydrogens (tertiary/aromatic N) is 1. The van der Waals surface area contributed by atoms with Crippen molar-refractivity contribution in [2.45, 2.75) is 24.5 Å². The summed E-state index contributed by atoms with van der Waals surface area (Å²) >= 11 is 0. The van der Waals surface area contributed by atoms with Gasteiger partial charge in [-0.25, -0.2) is 4.79 Å². The van der Waals surface area contributed by atoms with Gasteiger partial charge in [-0.3, -0.25) is 0 Å². The number of ether oxygens (including phenoxy) is 1. The molecule has 1 heterocycles. The van der Waals surface area contributed by atoms with Crippen molar-refractivity contribution in [3.05, 3.63) is 70.8 Å². The summed E-state index contributed by atoms with van der Waals surface area (Å²) in [5, 5.41) is 0. The minimum Gasteiger partial charge on any atom is -0.450 e. The molecule has 1 aliphatic heterocycles. The summed E-state index contributed by atoms with van der Waals surface area (Å²) in [6, 6.07) is 16.4. The maximum atomic E-state index is 12.5. The Morgan fingerprint density at radius 1 is 1.09 bits per heavy atom. The molecule has 0 fully saturated rings. The summed E-state index contributed by atoms with van der Waals surface area (Å²) in [7, 11) is 4.16. The largest absolute Gasteiger partial charge is 0.450 e.